The van der Waals surface area contributed by atoms with E-state index in [-0.39, 0.29) is 11.4 Å². The smallest absolute Gasteiger partial charge is 0.252 e. The molecule has 1 fully saturated rings. The number of halogens is 2. The van der Waals surface area contributed by atoms with Crippen molar-refractivity contribution in [1.29, 1.82) is 0 Å². The summed E-state index contributed by atoms with van der Waals surface area (Å²) in [5.74, 6) is -0.0150. The second-order valence-corrected chi connectivity index (χ2v) is 6.66. The summed E-state index contributed by atoms with van der Waals surface area (Å²) >= 11 is 6.81. The fourth-order valence-corrected chi connectivity index (χ4v) is 3.35. The number of hydrogen-bond donors (Lipinski definition) is 2. The third kappa shape index (κ3) is 3.33. The van der Waals surface area contributed by atoms with E-state index in [0.29, 0.717) is 5.56 Å². The Kier molecular flexibility index (Phi) is 4.45. The number of hydrogen-bond acceptors (Lipinski definition) is 2. The predicted molar refractivity (Wildman–Crippen MR) is 79.8 cm³/mol. The largest absolute Gasteiger partial charge is 0.347 e. The van der Waals surface area contributed by atoms with Gasteiger partial charge in [-0.25, -0.2) is 0 Å². The van der Waals surface area contributed by atoms with Crippen LogP contribution in [0.15, 0.2) is 27.1 Å². The molecule has 0 bridgehead atoms. The fraction of sp³-hybridized carbons (Fsp3) is 0.462. The van der Waals surface area contributed by atoms with Gasteiger partial charge in [0, 0.05) is 14.5 Å². The van der Waals surface area contributed by atoms with E-state index >= 15 is 0 Å². The summed E-state index contributed by atoms with van der Waals surface area (Å²) in [6.45, 7) is 4.02. The quantitative estimate of drug-likeness (QED) is 0.833. The topological polar surface area (TPSA) is 41.1 Å². The second-order valence-electron chi connectivity index (χ2n) is 4.89. The minimum atomic E-state index is -0.102. The van der Waals surface area contributed by atoms with E-state index in [1.807, 2.05) is 18.2 Å². The van der Waals surface area contributed by atoms with Crippen LogP contribution < -0.4 is 10.6 Å². The van der Waals surface area contributed by atoms with Crippen LogP contribution >= 0.6 is 31.9 Å². The van der Waals surface area contributed by atoms with Crippen LogP contribution in [0.2, 0.25) is 0 Å². The van der Waals surface area contributed by atoms with Crippen molar-refractivity contribution in [2.75, 3.05) is 13.1 Å². The molecule has 0 radical (unpaired) electrons. The molecule has 1 aliphatic heterocycles. The van der Waals surface area contributed by atoms with Gasteiger partial charge in [0.15, 0.2) is 0 Å². The van der Waals surface area contributed by atoms with Gasteiger partial charge in [-0.3, -0.25) is 4.79 Å². The Morgan fingerprint density at radius 3 is 2.61 bits per heavy atom. The van der Waals surface area contributed by atoms with E-state index in [4.69, 9.17) is 0 Å². The molecule has 1 saturated heterocycles. The molecule has 0 saturated carbocycles. The van der Waals surface area contributed by atoms with Gasteiger partial charge in [0.1, 0.15) is 0 Å². The summed E-state index contributed by atoms with van der Waals surface area (Å²) in [5.41, 5.74) is 0.576. The number of nitrogens with one attached hydrogen (secondary N) is 2. The molecule has 1 aromatic rings. The second kappa shape index (κ2) is 5.72. The highest BCUT2D eigenvalue weighted by Crippen LogP contribution is 2.24. The van der Waals surface area contributed by atoms with E-state index in [1.165, 1.54) is 0 Å². The molecule has 0 spiro atoms. The molecule has 18 heavy (non-hydrogen) atoms. The summed E-state index contributed by atoms with van der Waals surface area (Å²) in [4.78, 5) is 12.3. The fourth-order valence-electron chi connectivity index (χ4n) is 2.12. The Balaban J connectivity index is 2.11. The van der Waals surface area contributed by atoms with Gasteiger partial charge in [-0.15, -0.1) is 0 Å². The molecule has 1 amide bonds. The molecule has 98 valence electrons. The monoisotopic (exact) mass is 374 g/mol. The van der Waals surface area contributed by atoms with E-state index in [0.717, 1.165) is 34.9 Å². The van der Waals surface area contributed by atoms with Crippen LogP contribution in [0, 0.1) is 0 Å². The summed E-state index contributed by atoms with van der Waals surface area (Å²) in [5, 5.41) is 6.45. The highest BCUT2D eigenvalue weighted by atomic mass is 79.9. The number of benzene rings is 1. The lowest BCUT2D eigenvalue weighted by atomic mass is 9.90. The van der Waals surface area contributed by atoms with Gasteiger partial charge >= 0.3 is 0 Å². The zero-order chi connectivity index (χ0) is 13.2. The highest BCUT2D eigenvalue weighted by Gasteiger charge is 2.29. The first kappa shape index (κ1) is 14.0. The Bertz CT molecular complexity index is 456. The summed E-state index contributed by atoms with van der Waals surface area (Å²) < 4.78 is 1.77. The lowest BCUT2D eigenvalue weighted by molar-refractivity contribution is 0.0887. The van der Waals surface area contributed by atoms with E-state index in [9.17, 15) is 4.79 Å². The van der Waals surface area contributed by atoms with E-state index in [1.54, 1.807) is 0 Å². The normalized spacial score (nSPS) is 18.4. The molecule has 2 rings (SSSR count). The van der Waals surface area contributed by atoms with Crippen LogP contribution in [-0.2, 0) is 0 Å². The van der Waals surface area contributed by atoms with Crippen molar-refractivity contribution >= 4 is 37.8 Å². The molecule has 0 aliphatic carbocycles. The number of piperidine rings is 1. The van der Waals surface area contributed by atoms with Crippen molar-refractivity contribution in [3.63, 3.8) is 0 Å². The highest BCUT2D eigenvalue weighted by molar-refractivity contribution is 9.11. The van der Waals surface area contributed by atoms with Gasteiger partial charge in [-0.05, 0) is 67.0 Å². The number of carbonyl (C=O) groups excluding carboxylic acids is 1. The van der Waals surface area contributed by atoms with Crippen LogP contribution in [0.25, 0.3) is 0 Å². The summed E-state index contributed by atoms with van der Waals surface area (Å²) in [6.07, 6.45) is 1.93. The number of amides is 1. The van der Waals surface area contributed by atoms with Gasteiger partial charge in [0.05, 0.1) is 5.56 Å². The van der Waals surface area contributed by atoms with Crippen molar-refractivity contribution in [3.05, 3.63) is 32.7 Å². The van der Waals surface area contributed by atoms with Crippen LogP contribution in [0.5, 0.6) is 0 Å². The first-order valence-electron chi connectivity index (χ1n) is 5.98. The molecule has 2 N–H and O–H groups in total. The molecular formula is C13H16Br2N2O. The maximum Gasteiger partial charge on any atom is 0.252 e. The average molecular weight is 376 g/mol. The van der Waals surface area contributed by atoms with Gasteiger partial charge < -0.3 is 10.6 Å². The van der Waals surface area contributed by atoms with Crippen molar-refractivity contribution in [2.45, 2.75) is 25.3 Å². The average Bonchev–Trinajstić information content (AvgIpc) is 2.28. The van der Waals surface area contributed by atoms with Crippen molar-refractivity contribution in [2.24, 2.45) is 0 Å². The van der Waals surface area contributed by atoms with Gasteiger partial charge in [-0.1, -0.05) is 15.9 Å². The van der Waals surface area contributed by atoms with E-state index < -0.39 is 0 Å². The Morgan fingerprint density at radius 2 is 2.00 bits per heavy atom. The van der Waals surface area contributed by atoms with E-state index in [2.05, 4.69) is 49.4 Å². The van der Waals surface area contributed by atoms with Crippen molar-refractivity contribution in [3.8, 4) is 0 Å². The van der Waals surface area contributed by atoms with Gasteiger partial charge in [-0.2, -0.15) is 0 Å². The van der Waals surface area contributed by atoms with Crippen LogP contribution in [0.4, 0.5) is 0 Å². The molecule has 0 atom stereocenters. The van der Waals surface area contributed by atoms with Gasteiger partial charge in [0.2, 0.25) is 0 Å². The Hall–Kier alpha value is -0.390. The van der Waals surface area contributed by atoms with Crippen LogP contribution in [0.3, 0.4) is 0 Å². The molecule has 3 nitrogen and oxygen atoms in total. The SMILES string of the molecule is CC1(NC(=O)c2ccc(Br)cc2Br)CCNCC1. The minimum Gasteiger partial charge on any atom is -0.347 e. The van der Waals surface area contributed by atoms with Crippen LogP contribution in [-0.4, -0.2) is 24.5 Å². The minimum absolute atomic E-state index is 0.0150. The third-order valence-electron chi connectivity index (χ3n) is 3.30. The molecular weight excluding hydrogens is 360 g/mol. The first-order chi connectivity index (χ1) is 8.50. The van der Waals surface area contributed by atoms with Crippen LogP contribution in [0.1, 0.15) is 30.1 Å². The first-order valence-corrected chi connectivity index (χ1v) is 7.57. The standard InChI is InChI=1S/C13H16Br2N2O/c1-13(4-6-16-7-5-13)17-12(18)10-3-2-9(14)8-11(10)15/h2-3,8,16H,4-7H2,1H3,(H,17,18). The lowest BCUT2D eigenvalue weighted by Gasteiger charge is -2.35. The number of rotatable bonds is 2. The maximum atomic E-state index is 12.3. The predicted octanol–water partition coefficient (Wildman–Crippen LogP) is 3.08. The maximum absolute atomic E-state index is 12.3. The molecule has 1 aromatic carbocycles. The molecule has 5 heteroatoms. The summed E-state index contributed by atoms with van der Waals surface area (Å²) in [7, 11) is 0. The summed E-state index contributed by atoms with van der Waals surface area (Å²) in [6, 6.07) is 5.60. The zero-order valence-corrected chi connectivity index (χ0v) is 13.4. The zero-order valence-electron chi connectivity index (χ0n) is 10.2. The Labute approximate surface area is 124 Å². The molecule has 1 heterocycles. The Morgan fingerprint density at radius 1 is 1.33 bits per heavy atom. The molecule has 1 aliphatic rings. The van der Waals surface area contributed by atoms with Crippen molar-refractivity contribution < 1.29 is 4.79 Å². The lowest BCUT2D eigenvalue weighted by Crippen LogP contribution is -2.52. The number of carbonyl (C=O) groups is 1. The van der Waals surface area contributed by atoms with Gasteiger partial charge in [0.25, 0.3) is 5.91 Å². The molecule has 0 unspecified atom stereocenters. The molecule has 0 aromatic heterocycles. The van der Waals surface area contributed by atoms with Crippen molar-refractivity contribution in [1.82, 2.24) is 10.6 Å². The third-order valence-corrected chi connectivity index (χ3v) is 4.45.